The average Bonchev–Trinajstić information content (AvgIpc) is 2.24. The highest BCUT2D eigenvalue weighted by Gasteiger charge is 2.20. The largest absolute Gasteiger partial charge is 0.480 e. The van der Waals surface area contributed by atoms with Gasteiger partial charge in [0.25, 0.3) is 0 Å². The molecule has 0 bridgehead atoms. The van der Waals surface area contributed by atoms with Crippen LogP contribution in [0.5, 0.6) is 0 Å². The number of aliphatic carboxylic acids is 1. The summed E-state index contributed by atoms with van der Waals surface area (Å²) in [4.78, 5) is 23.7. The first-order chi connectivity index (χ1) is 7.52. The second-order valence-electron chi connectivity index (χ2n) is 3.50. The fourth-order valence-electron chi connectivity index (χ4n) is 1.16. The first kappa shape index (κ1) is 15.1. The molecule has 1 atom stereocenters. The van der Waals surface area contributed by atoms with Crippen LogP contribution >= 0.6 is 11.8 Å². The monoisotopic (exact) mass is 248 g/mol. The maximum absolute atomic E-state index is 11.7. The van der Waals surface area contributed by atoms with Gasteiger partial charge in [-0.2, -0.15) is 11.8 Å². The van der Waals surface area contributed by atoms with Crippen molar-refractivity contribution >= 4 is 23.8 Å². The number of hydrogen-bond acceptors (Lipinski definition) is 3. The zero-order valence-electron chi connectivity index (χ0n) is 10.0. The lowest BCUT2D eigenvalue weighted by molar-refractivity contribution is -0.138. The molecule has 0 aromatic carbocycles. The van der Waals surface area contributed by atoms with Gasteiger partial charge in [-0.1, -0.05) is 6.92 Å². The number of rotatable bonds is 7. The lowest BCUT2D eigenvalue weighted by Gasteiger charge is -2.27. The van der Waals surface area contributed by atoms with Crippen molar-refractivity contribution in [2.75, 3.05) is 25.1 Å². The minimum Gasteiger partial charge on any atom is -0.480 e. The van der Waals surface area contributed by atoms with Gasteiger partial charge in [-0.25, -0.2) is 4.79 Å². The molecule has 2 N–H and O–H groups in total. The zero-order chi connectivity index (χ0) is 12.6. The van der Waals surface area contributed by atoms with Crippen molar-refractivity contribution in [1.82, 2.24) is 10.2 Å². The molecule has 2 amide bonds. The van der Waals surface area contributed by atoms with Gasteiger partial charge in [0.05, 0.1) is 0 Å². The Morgan fingerprint density at radius 2 is 2.12 bits per heavy atom. The second kappa shape index (κ2) is 8.27. The highest BCUT2D eigenvalue weighted by molar-refractivity contribution is 7.98. The van der Waals surface area contributed by atoms with Gasteiger partial charge in [0.15, 0.2) is 0 Å². The van der Waals surface area contributed by atoms with E-state index in [0.29, 0.717) is 6.54 Å². The number of nitrogens with one attached hydrogen (secondary N) is 1. The normalized spacial score (nSPS) is 11.9. The Morgan fingerprint density at radius 1 is 1.50 bits per heavy atom. The maximum Gasteiger partial charge on any atom is 0.323 e. The molecule has 0 aliphatic rings. The van der Waals surface area contributed by atoms with Gasteiger partial charge in [0, 0.05) is 18.3 Å². The van der Waals surface area contributed by atoms with E-state index >= 15 is 0 Å². The molecular formula is C10H20N2O3S. The predicted molar refractivity (Wildman–Crippen MR) is 65.9 cm³/mol. The topological polar surface area (TPSA) is 69.6 Å². The Bertz CT molecular complexity index is 236. The van der Waals surface area contributed by atoms with Crippen molar-refractivity contribution in [1.29, 1.82) is 0 Å². The summed E-state index contributed by atoms with van der Waals surface area (Å²) in [6, 6.07) is -0.365. The molecular weight excluding hydrogens is 228 g/mol. The van der Waals surface area contributed by atoms with Gasteiger partial charge in [0.1, 0.15) is 6.54 Å². The van der Waals surface area contributed by atoms with Crippen LogP contribution in [0.25, 0.3) is 0 Å². The van der Waals surface area contributed by atoms with Crippen molar-refractivity contribution in [2.24, 2.45) is 0 Å². The number of carbonyl (C=O) groups is 2. The molecule has 0 aliphatic carbocycles. The van der Waals surface area contributed by atoms with Crippen molar-refractivity contribution in [3.8, 4) is 0 Å². The average molecular weight is 248 g/mol. The highest BCUT2D eigenvalue weighted by atomic mass is 32.2. The van der Waals surface area contributed by atoms with Crippen LogP contribution in [-0.4, -0.2) is 53.1 Å². The Morgan fingerprint density at radius 3 is 2.56 bits per heavy atom. The quantitative estimate of drug-likeness (QED) is 0.665. The number of urea groups is 1. The lowest BCUT2D eigenvalue weighted by Crippen LogP contribution is -2.47. The SMILES string of the molecule is CCC(C)N(CC(=O)O)C(=O)NCCSC. The van der Waals surface area contributed by atoms with E-state index in [1.807, 2.05) is 20.1 Å². The van der Waals surface area contributed by atoms with E-state index in [4.69, 9.17) is 5.11 Å². The summed E-state index contributed by atoms with van der Waals surface area (Å²) in [5.74, 6) is -0.159. The van der Waals surface area contributed by atoms with E-state index in [9.17, 15) is 9.59 Å². The van der Waals surface area contributed by atoms with Gasteiger partial charge in [-0.15, -0.1) is 0 Å². The molecule has 1 unspecified atom stereocenters. The van der Waals surface area contributed by atoms with Crippen molar-refractivity contribution in [3.63, 3.8) is 0 Å². The van der Waals surface area contributed by atoms with Crippen LogP contribution in [0, 0.1) is 0 Å². The number of carbonyl (C=O) groups excluding carboxylic acids is 1. The number of amides is 2. The van der Waals surface area contributed by atoms with Crippen LogP contribution in [0.2, 0.25) is 0 Å². The first-order valence-corrected chi connectivity index (χ1v) is 6.67. The predicted octanol–water partition coefficient (Wildman–Crippen LogP) is 1.24. The standard InChI is InChI=1S/C10H20N2O3S/c1-4-8(2)12(7-9(13)14)10(15)11-5-6-16-3/h8H,4-7H2,1-3H3,(H,11,15)(H,13,14). The van der Waals surface area contributed by atoms with Crippen LogP contribution in [0.1, 0.15) is 20.3 Å². The summed E-state index contributed by atoms with van der Waals surface area (Å²) in [5, 5.41) is 11.4. The Labute approximate surface area is 101 Å². The fourth-order valence-corrected chi connectivity index (χ4v) is 1.46. The third-order valence-corrected chi connectivity index (χ3v) is 2.88. The van der Waals surface area contributed by atoms with Crippen molar-refractivity contribution in [3.05, 3.63) is 0 Å². The summed E-state index contributed by atoms with van der Waals surface area (Å²) in [6.07, 6.45) is 2.69. The molecule has 16 heavy (non-hydrogen) atoms. The molecule has 6 heteroatoms. The van der Waals surface area contributed by atoms with E-state index in [2.05, 4.69) is 5.32 Å². The Kier molecular flexibility index (Phi) is 7.80. The number of carboxylic acid groups (broad SMARTS) is 1. The molecule has 0 radical (unpaired) electrons. The Balaban J connectivity index is 4.26. The van der Waals surface area contributed by atoms with E-state index in [-0.39, 0.29) is 18.6 Å². The fraction of sp³-hybridized carbons (Fsp3) is 0.800. The van der Waals surface area contributed by atoms with E-state index in [1.54, 1.807) is 11.8 Å². The van der Waals surface area contributed by atoms with Crippen LogP contribution in [0.15, 0.2) is 0 Å². The summed E-state index contributed by atoms with van der Waals surface area (Å²) in [7, 11) is 0. The Hall–Kier alpha value is -0.910. The van der Waals surface area contributed by atoms with Crippen LogP contribution in [0.3, 0.4) is 0 Å². The third kappa shape index (κ3) is 5.85. The number of thioether (sulfide) groups is 1. The molecule has 0 rings (SSSR count). The third-order valence-electron chi connectivity index (χ3n) is 2.27. The molecule has 0 aliphatic heterocycles. The smallest absolute Gasteiger partial charge is 0.323 e. The minimum atomic E-state index is -0.986. The summed E-state index contributed by atoms with van der Waals surface area (Å²) in [5.41, 5.74) is 0. The molecule has 0 saturated carbocycles. The molecule has 0 saturated heterocycles. The molecule has 0 aromatic rings. The van der Waals surface area contributed by atoms with E-state index in [1.165, 1.54) is 4.90 Å². The van der Waals surface area contributed by atoms with Crippen LogP contribution in [-0.2, 0) is 4.79 Å². The summed E-state index contributed by atoms with van der Waals surface area (Å²) >= 11 is 1.63. The van der Waals surface area contributed by atoms with Gasteiger partial charge < -0.3 is 15.3 Å². The van der Waals surface area contributed by atoms with Crippen LogP contribution < -0.4 is 5.32 Å². The first-order valence-electron chi connectivity index (χ1n) is 5.28. The maximum atomic E-state index is 11.7. The number of nitrogens with zero attached hydrogens (tertiary/aromatic N) is 1. The summed E-state index contributed by atoms with van der Waals surface area (Å²) < 4.78 is 0. The molecule has 0 fully saturated rings. The lowest BCUT2D eigenvalue weighted by atomic mass is 10.2. The molecule has 0 heterocycles. The summed E-state index contributed by atoms with van der Waals surface area (Å²) in [6.45, 7) is 4.08. The molecule has 94 valence electrons. The zero-order valence-corrected chi connectivity index (χ0v) is 10.8. The molecule has 0 aromatic heterocycles. The van der Waals surface area contributed by atoms with E-state index in [0.717, 1.165) is 12.2 Å². The highest BCUT2D eigenvalue weighted by Crippen LogP contribution is 2.03. The van der Waals surface area contributed by atoms with Gasteiger partial charge >= 0.3 is 12.0 Å². The van der Waals surface area contributed by atoms with Gasteiger partial charge in [-0.05, 0) is 19.6 Å². The number of hydrogen-bond donors (Lipinski definition) is 2. The van der Waals surface area contributed by atoms with Gasteiger partial charge in [-0.3, -0.25) is 4.79 Å². The van der Waals surface area contributed by atoms with Crippen molar-refractivity contribution in [2.45, 2.75) is 26.3 Å². The number of carboxylic acids is 1. The van der Waals surface area contributed by atoms with Crippen LogP contribution in [0.4, 0.5) is 4.79 Å². The second-order valence-corrected chi connectivity index (χ2v) is 4.49. The van der Waals surface area contributed by atoms with E-state index < -0.39 is 5.97 Å². The minimum absolute atomic E-state index is 0.0645. The van der Waals surface area contributed by atoms with Gasteiger partial charge in [0.2, 0.25) is 0 Å². The van der Waals surface area contributed by atoms with Crippen molar-refractivity contribution < 1.29 is 14.7 Å². The molecule has 5 nitrogen and oxygen atoms in total. The molecule has 0 spiro atoms.